The molecule has 0 aliphatic carbocycles. The molecule has 1 aliphatic rings. The Labute approximate surface area is 161 Å². The van der Waals surface area contributed by atoms with Crippen LogP contribution in [0.1, 0.15) is 38.5 Å². The molecule has 11 heteroatoms. The van der Waals surface area contributed by atoms with Crippen LogP contribution < -0.4 is 5.73 Å². The molecule has 1 fully saturated rings. The summed E-state index contributed by atoms with van der Waals surface area (Å²) < 4.78 is 16.8. The van der Waals surface area contributed by atoms with Gasteiger partial charge in [-0.3, -0.25) is 0 Å². The molecule has 3 rings (SSSR count). The van der Waals surface area contributed by atoms with Gasteiger partial charge in [-0.15, -0.1) is 0 Å². The summed E-state index contributed by atoms with van der Waals surface area (Å²) in [5, 5.41) is 29.7. The van der Waals surface area contributed by atoms with Crippen LogP contribution >= 0.6 is 0 Å². The van der Waals surface area contributed by atoms with Gasteiger partial charge in [0.25, 0.3) is 0 Å². The van der Waals surface area contributed by atoms with Gasteiger partial charge in [-0.2, -0.15) is 10.4 Å². The number of nitrogens with two attached hydrogens (primary N) is 1. The number of fused-ring (bicyclic) bond motifs is 1. The van der Waals surface area contributed by atoms with Crippen molar-refractivity contribution >= 4 is 17.5 Å². The van der Waals surface area contributed by atoms with E-state index in [-0.39, 0.29) is 12.7 Å². The van der Waals surface area contributed by atoms with Crippen LogP contribution in [0.4, 0.5) is 10.6 Å². The molecule has 0 saturated carbocycles. The van der Waals surface area contributed by atoms with Crippen molar-refractivity contribution in [2.45, 2.75) is 44.2 Å². The van der Waals surface area contributed by atoms with Crippen molar-refractivity contribution < 1.29 is 29.2 Å². The first-order valence-corrected chi connectivity index (χ1v) is 8.41. The Morgan fingerprint density at radius 3 is 2.82 bits per heavy atom. The third-order valence-electron chi connectivity index (χ3n) is 3.81. The number of hydrogen-bond acceptors (Lipinski definition) is 10. The zero-order valence-corrected chi connectivity index (χ0v) is 15.8. The predicted octanol–water partition coefficient (Wildman–Crippen LogP) is 0.915. The highest BCUT2D eigenvalue weighted by molar-refractivity contribution is 5.65. The molecule has 0 radical (unpaired) electrons. The molecule has 1 aliphatic heterocycles. The maximum absolute atomic E-state index is 11.1. The van der Waals surface area contributed by atoms with Crippen LogP contribution in [0.2, 0.25) is 0 Å². The minimum absolute atomic E-state index is 0.187. The van der Waals surface area contributed by atoms with Crippen molar-refractivity contribution in [3.8, 4) is 6.07 Å². The minimum Gasteiger partial charge on any atom is -0.438 e. The number of methoxy groups -OCH3 is 1. The van der Waals surface area contributed by atoms with Crippen molar-refractivity contribution in [2.24, 2.45) is 0 Å². The van der Waals surface area contributed by atoms with E-state index >= 15 is 0 Å². The van der Waals surface area contributed by atoms with E-state index in [1.165, 1.54) is 27.3 Å². The van der Waals surface area contributed by atoms with E-state index < -0.39 is 17.5 Å². The van der Waals surface area contributed by atoms with Crippen molar-refractivity contribution in [1.82, 2.24) is 14.6 Å². The summed E-state index contributed by atoms with van der Waals surface area (Å²) >= 11 is 0. The van der Waals surface area contributed by atoms with Crippen LogP contribution in [0, 0.1) is 11.3 Å². The van der Waals surface area contributed by atoms with Crippen molar-refractivity contribution in [1.29, 1.82) is 5.26 Å². The third kappa shape index (κ3) is 5.29. The Hall–Kier alpha value is -2.94. The summed E-state index contributed by atoms with van der Waals surface area (Å²) in [6.45, 7) is 2.41. The van der Waals surface area contributed by atoms with Crippen LogP contribution in [0.25, 0.3) is 5.52 Å². The summed E-state index contributed by atoms with van der Waals surface area (Å²) in [5.41, 5.74) is 6.06. The highest BCUT2D eigenvalue weighted by Crippen LogP contribution is 2.40. The summed E-state index contributed by atoms with van der Waals surface area (Å²) in [4.78, 5) is 15.0. The fraction of sp³-hybridized carbons (Fsp3) is 0.529. The Balaban J connectivity index is 0.000000500. The van der Waals surface area contributed by atoms with E-state index in [9.17, 15) is 10.1 Å². The van der Waals surface area contributed by atoms with Gasteiger partial charge in [-0.1, -0.05) is 0 Å². The number of nitrogens with zero attached hydrogens (tertiary/aromatic N) is 4. The molecule has 0 aromatic carbocycles. The fourth-order valence-corrected chi connectivity index (χ4v) is 2.63. The molecule has 0 bridgehead atoms. The second-order valence-electron chi connectivity index (χ2n) is 6.69. The molecule has 4 N–H and O–H groups in total. The number of carbonyl (C=O) groups is 1. The maximum atomic E-state index is 11.1. The Bertz CT molecular complexity index is 865. The highest BCUT2D eigenvalue weighted by Gasteiger charge is 2.43. The maximum Gasteiger partial charge on any atom is 0.508 e. The number of nitriles is 1. The van der Waals surface area contributed by atoms with Gasteiger partial charge >= 0.3 is 6.16 Å². The molecule has 3 heterocycles. The Morgan fingerprint density at radius 2 is 2.21 bits per heavy atom. The zero-order chi connectivity index (χ0) is 20.9. The topological polar surface area (TPSA) is 165 Å². The quantitative estimate of drug-likeness (QED) is 0.504. The molecule has 11 nitrogen and oxygen atoms in total. The lowest BCUT2D eigenvalue weighted by Crippen LogP contribution is -2.33. The van der Waals surface area contributed by atoms with Crippen LogP contribution in [-0.4, -0.2) is 56.1 Å². The Kier molecular flexibility index (Phi) is 6.40. The lowest BCUT2D eigenvalue weighted by molar-refractivity contribution is -0.127. The zero-order valence-electron chi connectivity index (χ0n) is 15.8. The molecule has 0 spiro atoms. The molecule has 1 saturated heterocycles. The molecular formula is C17H23N5O6. The first-order chi connectivity index (χ1) is 13.1. The first-order valence-electron chi connectivity index (χ1n) is 8.41. The largest absolute Gasteiger partial charge is 0.508 e. The van der Waals surface area contributed by atoms with E-state index in [0.29, 0.717) is 24.2 Å². The number of anilines is 1. The standard InChI is InChI=1S/C14H15N5O4.C3H8O2/c1-21-13(20)22-7-14(6-15)5-4-11(23-14)9-2-3-10-12(16)17-8-18-19(9)10;1-3(2,4)5/h2-3,8,11H,4-5,7H2,1H3,(H2,16,17,18);4-5H,1-2H3. The SMILES string of the molecule is CC(C)(O)O.COC(=O)OCC1(C#N)CCC(c2ccc3c(N)ncnn23)O1. The van der Waals surface area contributed by atoms with E-state index in [1.807, 2.05) is 6.07 Å². The number of hydrogen-bond donors (Lipinski definition) is 3. The average Bonchev–Trinajstić information content (AvgIpc) is 3.23. The van der Waals surface area contributed by atoms with E-state index in [0.717, 1.165) is 5.69 Å². The number of carbonyl (C=O) groups excluding carboxylic acids is 1. The van der Waals surface area contributed by atoms with Crippen molar-refractivity contribution in [2.75, 3.05) is 19.5 Å². The Morgan fingerprint density at radius 1 is 1.54 bits per heavy atom. The van der Waals surface area contributed by atoms with Gasteiger partial charge in [-0.05, 0) is 38.8 Å². The predicted molar refractivity (Wildman–Crippen MR) is 95.7 cm³/mol. The molecule has 0 amide bonds. The lowest BCUT2D eigenvalue weighted by atomic mass is 10.0. The number of aliphatic hydroxyl groups is 2. The van der Waals surface area contributed by atoms with Crippen molar-refractivity contribution in [3.05, 3.63) is 24.2 Å². The number of aromatic nitrogens is 3. The molecule has 152 valence electrons. The molecule has 2 unspecified atom stereocenters. The van der Waals surface area contributed by atoms with Gasteiger partial charge in [0.1, 0.15) is 30.6 Å². The number of nitrogen functional groups attached to an aromatic ring is 1. The smallest absolute Gasteiger partial charge is 0.438 e. The summed E-state index contributed by atoms with van der Waals surface area (Å²) in [6, 6.07) is 5.72. The molecule has 28 heavy (non-hydrogen) atoms. The number of ether oxygens (including phenoxy) is 3. The monoisotopic (exact) mass is 393 g/mol. The molecule has 2 aromatic rings. The van der Waals surface area contributed by atoms with Crippen LogP contribution in [-0.2, 0) is 14.2 Å². The fourth-order valence-electron chi connectivity index (χ4n) is 2.63. The van der Waals surface area contributed by atoms with Crippen LogP contribution in [0.3, 0.4) is 0 Å². The van der Waals surface area contributed by atoms with Crippen molar-refractivity contribution in [3.63, 3.8) is 0 Å². The van der Waals surface area contributed by atoms with Gasteiger partial charge in [0.05, 0.1) is 12.8 Å². The van der Waals surface area contributed by atoms with E-state index in [2.05, 4.69) is 20.9 Å². The molecular weight excluding hydrogens is 370 g/mol. The molecule has 2 aromatic heterocycles. The number of rotatable bonds is 3. The van der Waals surface area contributed by atoms with Gasteiger partial charge < -0.3 is 30.2 Å². The van der Waals surface area contributed by atoms with Gasteiger partial charge in [-0.25, -0.2) is 14.3 Å². The molecule has 2 atom stereocenters. The highest BCUT2D eigenvalue weighted by atomic mass is 16.7. The van der Waals surface area contributed by atoms with Gasteiger partial charge in [0.2, 0.25) is 0 Å². The second-order valence-corrected chi connectivity index (χ2v) is 6.69. The van der Waals surface area contributed by atoms with Gasteiger partial charge in [0.15, 0.2) is 17.2 Å². The average molecular weight is 393 g/mol. The first kappa shape index (κ1) is 21.4. The van der Waals surface area contributed by atoms with Gasteiger partial charge in [0, 0.05) is 0 Å². The summed E-state index contributed by atoms with van der Waals surface area (Å²) in [5.74, 6) is -1.13. The lowest BCUT2D eigenvalue weighted by Gasteiger charge is -2.21. The third-order valence-corrected chi connectivity index (χ3v) is 3.81. The minimum atomic E-state index is -1.50. The summed E-state index contributed by atoms with van der Waals surface area (Å²) in [6.07, 6.45) is 1.18. The van der Waals surface area contributed by atoms with E-state index in [4.69, 9.17) is 25.4 Å². The normalized spacial score (nSPS) is 21.5. The second kappa shape index (κ2) is 8.39. The summed E-state index contributed by atoms with van der Waals surface area (Å²) in [7, 11) is 1.20. The van der Waals surface area contributed by atoms with E-state index in [1.54, 1.807) is 10.6 Å². The van der Waals surface area contributed by atoms with Crippen LogP contribution in [0.5, 0.6) is 0 Å². The van der Waals surface area contributed by atoms with Crippen LogP contribution in [0.15, 0.2) is 18.5 Å².